The standard InChI is InChI=1S/C15H21NO2Si/c1-5-8-16-14(17)11-9-6-7-10(12(11)15(16)18)13(9)19(2,3)4/h5,9-10,13H,1,6-8H2,2-4H3. The maximum Gasteiger partial charge on any atom is 0.257 e. The summed E-state index contributed by atoms with van der Waals surface area (Å²) in [4.78, 5) is 26.3. The van der Waals surface area contributed by atoms with Crippen molar-refractivity contribution in [2.45, 2.75) is 38.0 Å². The number of carbonyl (C=O) groups is 2. The monoisotopic (exact) mass is 275 g/mol. The van der Waals surface area contributed by atoms with Gasteiger partial charge in [-0.2, -0.15) is 0 Å². The maximum absolute atomic E-state index is 12.5. The summed E-state index contributed by atoms with van der Waals surface area (Å²) in [5.41, 5.74) is 2.34. The van der Waals surface area contributed by atoms with Crippen LogP contribution in [0.3, 0.4) is 0 Å². The van der Waals surface area contributed by atoms with Crippen molar-refractivity contribution in [3.63, 3.8) is 0 Å². The second-order valence-corrected chi connectivity index (χ2v) is 12.4. The van der Waals surface area contributed by atoms with E-state index in [9.17, 15) is 9.59 Å². The van der Waals surface area contributed by atoms with Gasteiger partial charge < -0.3 is 0 Å². The van der Waals surface area contributed by atoms with Gasteiger partial charge in [0, 0.05) is 25.8 Å². The molecule has 2 bridgehead atoms. The van der Waals surface area contributed by atoms with Crippen molar-refractivity contribution >= 4 is 19.9 Å². The Labute approximate surface area is 115 Å². The molecule has 2 unspecified atom stereocenters. The van der Waals surface area contributed by atoms with E-state index in [1.807, 2.05) is 0 Å². The number of nitrogens with zero attached hydrogens (tertiary/aromatic N) is 1. The Balaban J connectivity index is 1.99. The van der Waals surface area contributed by atoms with Crippen molar-refractivity contribution in [2.75, 3.05) is 6.54 Å². The Morgan fingerprint density at radius 3 is 2.00 bits per heavy atom. The highest BCUT2D eigenvalue weighted by molar-refractivity contribution is 6.78. The lowest BCUT2D eigenvalue weighted by molar-refractivity contribution is -0.137. The lowest BCUT2D eigenvalue weighted by atomic mass is 9.93. The van der Waals surface area contributed by atoms with Crippen LogP contribution in [0.25, 0.3) is 0 Å². The third kappa shape index (κ3) is 1.55. The lowest BCUT2D eigenvalue weighted by Gasteiger charge is -2.32. The Morgan fingerprint density at radius 1 is 1.16 bits per heavy atom. The van der Waals surface area contributed by atoms with Gasteiger partial charge in [0.1, 0.15) is 0 Å². The summed E-state index contributed by atoms with van der Waals surface area (Å²) in [7, 11) is -1.34. The average molecular weight is 275 g/mol. The molecule has 0 spiro atoms. The molecule has 0 saturated heterocycles. The van der Waals surface area contributed by atoms with E-state index in [0.717, 1.165) is 24.0 Å². The predicted molar refractivity (Wildman–Crippen MR) is 77.3 cm³/mol. The minimum Gasteiger partial charge on any atom is -0.271 e. The summed E-state index contributed by atoms with van der Waals surface area (Å²) in [5.74, 6) is 0.654. The molecule has 1 aliphatic heterocycles. The first-order valence-electron chi connectivity index (χ1n) is 7.09. The van der Waals surface area contributed by atoms with Gasteiger partial charge in [0.25, 0.3) is 11.8 Å². The zero-order chi connectivity index (χ0) is 13.9. The molecule has 19 heavy (non-hydrogen) atoms. The zero-order valence-corrected chi connectivity index (χ0v) is 12.9. The smallest absolute Gasteiger partial charge is 0.257 e. The van der Waals surface area contributed by atoms with Crippen LogP contribution in [0.2, 0.25) is 25.2 Å². The first-order valence-corrected chi connectivity index (χ1v) is 10.7. The van der Waals surface area contributed by atoms with Gasteiger partial charge in [0.05, 0.1) is 0 Å². The molecule has 4 heteroatoms. The molecule has 3 aliphatic rings. The van der Waals surface area contributed by atoms with Gasteiger partial charge in [-0.1, -0.05) is 25.7 Å². The number of hydrogen-bond acceptors (Lipinski definition) is 2. The molecule has 102 valence electrons. The van der Waals surface area contributed by atoms with Crippen LogP contribution in [-0.4, -0.2) is 31.3 Å². The second-order valence-electron chi connectivity index (χ2n) is 7.02. The van der Waals surface area contributed by atoms with Gasteiger partial charge >= 0.3 is 0 Å². The fraction of sp³-hybridized carbons (Fsp3) is 0.600. The van der Waals surface area contributed by atoms with Crippen molar-refractivity contribution in [1.82, 2.24) is 4.90 Å². The van der Waals surface area contributed by atoms with Crippen LogP contribution in [0.5, 0.6) is 0 Å². The highest BCUT2D eigenvalue weighted by Crippen LogP contribution is 2.62. The Hall–Kier alpha value is -1.16. The molecule has 1 fully saturated rings. The van der Waals surface area contributed by atoms with E-state index in [1.165, 1.54) is 4.90 Å². The minimum atomic E-state index is -1.34. The average Bonchev–Trinajstić information content (AvgIpc) is 2.94. The Morgan fingerprint density at radius 2 is 1.63 bits per heavy atom. The van der Waals surface area contributed by atoms with Gasteiger partial charge in [0.15, 0.2) is 0 Å². The predicted octanol–water partition coefficient (Wildman–Crippen LogP) is 2.59. The van der Waals surface area contributed by atoms with E-state index in [2.05, 4.69) is 26.2 Å². The molecule has 0 N–H and O–H groups in total. The Kier molecular flexibility index (Phi) is 2.65. The number of likely N-dealkylation sites (tertiary alicyclic amines) is 1. The molecule has 1 heterocycles. The normalized spacial score (nSPS) is 33.4. The van der Waals surface area contributed by atoms with E-state index in [-0.39, 0.29) is 11.8 Å². The van der Waals surface area contributed by atoms with Crippen molar-refractivity contribution in [3.05, 3.63) is 23.8 Å². The van der Waals surface area contributed by atoms with E-state index in [1.54, 1.807) is 6.08 Å². The summed E-state index contributed by atoms with van der Waals surface area (Å²) in [5, 5.41) is 0. The van der Waals surface area contributed by atoms with Crippen LogP contribution in [-0.2, 0) is 9.59 Å². The van der Waals surface area contributed by atoms with Crippen molar-refractivity contribution < 1.29 is 9.59 Å². The van der Waals surface area contributed by atoms with Crippen molar-refractivity contribution in [3.8, 4) is 0 Å². The van der Waals surface area contributed by atoms with Gasteiger partial charge in [-0.3, -0.25) is 14.5 Å². The summed E-state index contributed by atoms with van der Waals surface area (Å²) in [6.45, 7) is 11.1. The molecule has 1 saturated carbocycles. The van der Waals surface area contributed by atoms with E-state index < -0.39 is 8.07 Å². The Bertz CT molecular complexity index is 481. The number of fused-ring (bicyclic) bond motifs is 4. The molecule has 0 aromatic carbocycles. The van der Waals surface area contributed by atoms with Crippen LogP contribution in [0.15, 0.2) is 23.8 Å². The minimum absolute atomic E-state index is 0.0321. The summed E-state index contributed by atoms with van der Waals surface area (Å²) < 4.78 is 0. The number of rotatable bonds is 3. The maximum atomic E-state index is 12.5. The summed E-state index contributed by atoms with van der Waals surface area (Å²) in [6.07, 6.45) is 3.83. The highest BCUT2D eigenvalue weighted by Gasteiger charge is 2.59. The molecular weight excluding hydrogens is 254 g/mol. The number of imide groups is 1. The molecule has 2 atom stereocenters. The van der Waals surface area contributed by atoms with Gasteiger partial charge in [-0.05, 0) is 30.2 Å². The highest BCUT2D eigenvalue weighted by atomic mass is 28.3. The van der Waals surface area contributed by atoms with Crippen LogP contribution >= 0.6 is 0 Å². The first-order chi connectivity index (χ1) is 8.88. The SMILES string of the molecule is C=CCN1C(=O)C2=C(C1=O)C1CCC2C1[Si](C)(C)C. The lowest BCUT2D eigenvalue weighted by Crippen LogP contribution is -2.38. The van der Waals surface area contributed by atoms with E-state index in [4.69, 9.17) is 0 Å². The molecule has 0 aromatic heterocycles. The van der Waals surface area contributed by atoms with Gasteiger partial charge in [0.2, 0.25) is 0 Å². The largest absolute Gasteiger partial charge is 0.271 e. The van der Waals surface area contributed by atoms with Crippen LogP contribution in [0.4, 0.5) is 0 Å². The second kappa shape index (κ2) is 3.92. The summed E-state index contributed by atoms with van der Waals surface area (Å²) >= 11 is 0. The molecular formula is C15H21NO2Si. The molecule has 3 nitrogen and oxygen atoms in total. The van der Waals surface area contributed by atoms with E-state index in [0.29, 0.717) is 23.9 Å². The first kappa shape index (κ1) is 12.8. The third-order valence-corrected chi connectivity index (χ3v) is 7.75. The molecule has 0 aromatic rings. The summed E-state index contributed by atoms with van der Waals surface area (Å²) in [6, 6.07) is 0. The van der Waals surface area contributed by atoms with Crippen LogP contribution < -0.4 is 0 Å². The van der Waals surface area contributed by atoms with Crippen LogP contribution in [0, 0.1) is 11.8 Å². The zero-order valence-electron chi connectivity index (χ0n) is 11.9. The number of hydrogen-bond donors (Lipinski definition) is 0. The van der Waals surface area contributed by atoms with Crippen LogP contribution in [0.1, 0.15) is 12.8 Å². The molecule has 3 rings (SSSR count). The fourth-order valence-corrected chi connectivity index (χ4v) is 7.56. The molecule has 2 amide bonds. The van der Waals surface area contributed by atoms with E-state index >= 15 is 0 Å². The van der Waals surface area contributed by atoms with Gasteiger partial charge in [-0.15, -0.1) is 6.58 Å². The number of amides is 2. The third-order valence-electron chi connectivity index (χ3n) is 4.95. The van der Waals surface area contributed by atoms with Crippen molar-refractivity contribution in [1.29, 1.82) is 0 Å². The van der Waals surface area contributed by atoms with Gasteiger partial charge in [-0.25, -0.2) is 0 Å². The molecule has 0 radical (unpaired) electrons. The molecule has 2 aliphatic carbocycles. The fourth-order valence-electron chi connectivity index (χ4n) is 4.48. The number of carbonyl (C=O) groups excluding carboxylic acids is 2. The quantitative estimate of drug-likeness (QED) is 0.451. The topological polar surface area (TPSA) is 37.4 Å². The van der Waals surface area contributed by atoms with Crippen molar-refractivity contribution in [2.24, 2.45) is 11.8 Å².